The highest BCUT2D eigenvalue weighted by atomic mass is 32.2. The number of aliphatic hydroxyl groups is 1. The number of aliphatic hydroxyl groups excluding tert-OH is 1. The topological polar surface area (TPSA) is 99.2 Å². The summed E-state index contributed by atoms with van der Waals surface area (Å²) < 4.78 is 46.8. The minimum Gasteiger partial charge on any atom is -0.394 e. The molecule has 0 bridgehead atoms. The summed E-state index contributed by atoms with van der Waals surface area (Å²) in [5.74, 6) is -0.632. The standard InChI is InChI=1S/C19H28FN3O5S/c1-22-7-9-23(10-8-22)19(25)12-15-5-6-17(18(13-24)28-15)21-29(26,27)16-4-2-3-14(20)11-16/h2-4,11,15,17-18,21,24H,5-10,12-13H2,1H3/t15-,17-,18-/m1/s1. The Morgan fingerprint density at radius 3 is 2.66 bits per heavy atom. The molecule has 29 heavy (non-hydrogen) atoms. The van der Waals surface area contributed by atoms with E-state index in [1.807, 2.05) is 11.9 Å². The molecule has 2 heterocycles. The number of sulfonamides is 1. The summed E-state index contributed by atoms with van der Waals surface area (Å²) in [6.07, 6.45) is -0.0114. The van der Waals surface area contributed by atoms with Crippen molar-refractivity contribution in [3.8, 4) is 0 Å². The number of nitrogens with zero attached hydrogens (tertiary/aromatic N) is 2. The second-order valence-electron chi connectivity index (χ2n) is 7.63. The third-order valence-electron chi connectivity index (χ3n) is 5.47. The van der Waals surface area contributed by atoms with Gasteiger partial charge in [0.25, 0.3) is 0 Å². The molecule has 0 aliphatic carbocycles. The fourth-order valence-electron chi connectivity index (χ4n) is 3.70. The van der Waals surface area contributed by atoms with E-state index in [-0.39, 0.29) is 29.9 Å². The second kappa shape index (κ2) is 9.48. The minimum atomic E-state index is -3.95. The molecule has 0 aromatic heterocycles. The summed E-state index contributed by atoms with van der Waals surface area (Å²) >= 11 is 0. The number of hydrogen-bond donors (Lipinski definition) is 2. The number of amides is 1. The van der Waals surface area contributed by atoms with Crippen LogP contribution in [0.15, 0.2) is 29.2 Å². The Balaban J connectivity index is 1.57. The molecule has 0 unspecified atom stereocenters. The molecule has 10 heteroatoms. The molecular weight excluding hydrogens is 401 g/mol. The zero-order chi connectivity index (χ0) is 21.0. The molecule has 0 spiro atoms. The van der Waals surface area contributed by atoms with E-state index in [1.54, 1.807) is 0 Å². The molecule has 1 aromatic carbocycles. The molecule has 3 rings (SSSR count). The largest absolute Gasteiger partial charge is 0.394 e. The number of rotatable bonds is 6. The van der Waals surface area contributed by atoms with Gasteiger partial charge in [0.1, 0.15) is 5.82 Å². The SMILES string of the molecule is CN1CCN(C(=O)C[C@H]2CC[C@@H](NS(=O)(=O)c3cccc(F)c3)[C@@H](CO)O2)CC1. The molecular formula is C19H28FN3O5S. The summed E-state index contributed by atoms with van der Waals surface area (Å²) in [6, 6.07) is 4.09. The number of nitrogens with one attached hydrogen (secondary N) is 1. The number of benzene rings is 1. The van der Waals surface area contributed by atoms with Crippen LogP contribution in [0.2, 0.25) is 0 Å². The Kier molecular flexibility index (Phi) is 7.23. The van der Waals surface area contributed by atoms with Gasteiger partial charge in [0.05, 0.1) is 36.2 Å². The lowest BCUT2D eigenvalue weighted by Gasteiger charge is -2.37. The second-order valence-corrected chi connectivity index (χ2v) is 9.34. The van der Waals surface area contributed by atoms with Gasteiger partial charge in [-0.15, -0.1) is 0 Å². The molecule has 0 saturated carbocycles. The van der Waals surface area contributed by atoms with Crippen molar-refractivity contribution in [2.24, 2.45) is 0 Å². The lowest BCUT2D eigenvalue weighted by atomic mass is 9.97. The maximum absolute atomic E-state index is 13.4. The first-order chi connectivity index (χ1) is 13.8. The average Bonchev–Trinajstić information content (AvgIpc) is 2.69. The number of carbonyl (C=O) groups excluding carboxylic acids is 1. The summed E-state index contributed by atoms with van der Waals surface area (Å²) in [7, 11) is -1.93. The normalized spacial score (nSPS) is 26.4. The van der Waals surface area contributed by atoms with Crippen molar-refractivity contribution in [1.82, 2.24) is 14.5 Å². The van der Waals surface area contributed by atoms with Crippen molar-refractivity contribution in [3.05, 3.63) is 30.1 Å². The van der Waals surface area contributed by atoms with Crippen LogP contribution in [0, 0.1) is 5.82 Å². The molecule has 1 amide bonds. The van der Waals surface area contributed by atoms with Crippen LogP contribution < -0.4 is 4.72 Å². The van der Waals surface area contributed by atoms with Gasteiger partial charge < -0.3 is 19.6 Å². The quantitative estimate of drug-likeness (QED) is 0.669. The smallest absolute Gasteiger partial charge is 0.241 e. The predicted octanol–water partition coefficient (Wildman–Crippen LogP) is 0.177. The van der Waals surface area contributed by atoms with E-state index in [4.69, 9.17) is 4.74 Å². The minimum absolute atomic E-state index is 0.0126. The average molecular weight is 430 g/mol. The van der Waals surface area contributed by atoms with Crippen molar-refractivity contribution in [2.45, 2.75) is 42.4 Å². The zero-order valence-electron chi connectivity index (χ0n) is 16.5. The van der Waals surface area contributed by atoms with E-state index in [9.17, 15) is 22.7 Å². The van der Waals surface area contributed by atoms with Crippen molar-refractivity contribution in [1.29, 1.82) is 0 Å². The third-order valence-corrected chi connectivity index (χ3v) is 6.95. The highest BCUT2D eigenvalue weighted by Crippen LogP contribution is 2.24. The van der Waals surface area contributed by atoms with Crippen LogP contribution in [-0.2, 0) is 19.6 Å². The van der Waals surface area contributed by atoms with Crippen LogP contribution in [0.5, 0.6) is 0 Å². The number of piperazine rings is 1. The van der Waals surface area contributed by atoms with Gasteiger partial charge in [0, 0.05) is 26.2 Å². The number of hydrogen-bond acceptors (Lipinski definition) is 6. The van der Waals surface area contributed by atoms with Crippen LogP contribution in [0.25, 0.3) is 0 Å². The lowest BCUT2D eigenvalue weighted by Crippen LogP contribution is -2.52. The third kappa shape index (κ3) is 5.73. The van der Waals surface area contributed by atoms with Gasteiger partial charge in [0.2, 0.25) is 15.9 Å². The van der Waals surface area contributed by atoms with Crippen LogP contribution in [0.4, 0.5) is 4.39 Å². The number of carbonyl (C=O) groups is 1. The summed E-state index contributed by atoms with van der Waals surface area (Å²) in [5, 5.41) is 9.68. The highest BCUT2D eigenvalue weighted by Gasteiger charge is 2.35. The highest BCUT2D eigenvalue weighted by molar-refractivity contribution is 7.89. The van der Waals surface area contributed by atoms with Gasteiger partial charge in [-0.3, -0.25) is 4.79 Å². The monoisotopic (exact) mass is 429 g/mol. The molecule has 162 valence electrons. The Morgan fingerprint density at radius 1 is 1.28 bits per heavy atom. The predicted molar refractivity (Wildman–Crippen MR) is 104 cm³/mol. The van der Waals surface area contributed by atoms with Crippen LogP contribution in [-0.4, -0.2) is 87.3 Å². The van der Waals surface area contributed by atoms with E-state index in [2.05, 4.69) is 9.62 Å². The van der Waals surface area contributed by atoms with Crippen molar-refractivity contribution < 1.29 is 27.4 Å². The van der Waals surface area contributed by atoms with E-state index in [1.165, 1.54) is 18.2 Å². The molecule has 1 aromatic rings. The Morgan fingerprint density at radius 2 is 2.00 bits per heavy atom. The van der Waals surface area contributed by atoms with Gasteiger partial charge in [-0.2, -0.15) is 0 Å². The van der Waals surface area contributed by atoms with Gasteiger partial charge in [-0.05, 0) is 38.1 Å². The molecule has 2 aliphatic heterocycles. The number of ether oxygens (including phenoxy) is 1. The molecule has 2 fully saturated rings. The van der Waals surface area contributed by atoms with Gasteiger partial charge in [-0.1, -0.05) is 6.07 Å². The summed E-state index contributed by atoms with van der Waals surface area (Å²) in [6.45, 7) is 2.65. The van der Waals surface area contributed by atoms with E-state index < -0.39 is 28.0 Å². The Hall–Kier alpha value is -1.59. The van der Waals surface area contributed by atoms with Gasteiger partial charge in [0.15, 0.2) is 0 Å². The van der Waals surface area contributed by atoms with Crippen molar-refractivity contribution in [2.75, 3.05) is 39.8 Å². The number of halogens is 1. The molecule has 0 radical (unpaired) electrons. The van der Waals surface area contributed by atoms with Crippen LogP contribution in [0.1, 0.15) is 19.3 Å². The van der Waals surface area contributed by atoms with Crippen LogP contribution in [0.3, 0.4) is 0 Å². The summed E-state index contributed by atoms with van der Waals surface area (Å²) in [5.41, 5.74) is 0. The number of likely N-dealkylation sites (N-methyl/N-ethyl adjacent to an activating group) is 1. The van der Waals surface area contributed by atoms with Gasteiger partial charge >= 0.3 is 0 Å². The fraction of sp³-hybridized carbons (Fsp3) is 0.632. The first-order valence-corrected chi connectivity index (χ1v) is 11.3. The van der Waals surface area contributed by atoms with Gasteiger partial charge in [-0.25, -0.2) is 17.5 Å². The van der Waals surface area contributed by atoms with E-state index >= 15 is 0 Å². The molecule has 2 aliphatic rings. The van der Waals surface area contributed by atoms with E-state index in [0.717, 1.165) is 19.2 Å². The molecule has 8 nitrogen and oxygen atoms in total. The van der Waals surface area contributed by atoms with Crippen molar-refractivity contribution >= 4 is 15.9 Å². The van der Waals surface area contributed by atoms with Crippen molar-refractivity contribution in [3.63, 3.8) is 0 Å². The Labute approximate surface area is 170 Å². The zero-order valence-corrected chi connectivity index (χ0v) is 17.3. The molecule has 2 N–H and O–H groups in total. The first kappa shape index (κ1) is 22.1. The molecule has 3 atom stereocenters. The fourth-order valence-corrected chi connectivity index (χ4v) is 5.03. The first-order valence-electron chi connectivity index (χ1n) is 9.79. The van der Waals surface area contributed by atoms with E-state index in [0.29, 0.717) is 25.9 Å². The maximum atomic E-state index is 13.4. The maximum Gasteiger partial charge on any atom is 0.241 e. The molecule has 2 saturated heterocycles. The Bertz CT molecular complexity index is 814. The summed E-state index contributed by atoms with van der Waals surface area (Å²) in [4.78, 5) is 16.3. The van der Waals surface area contributed by atoms with Crippen LogP contribution >= 0.6 is 0 Å². The lowest BCUT2D eigenvalue weighted by molar-refractivity contribution is -0.141.